The van der Waals surface area contributed by atoms with Gasteiger partial charge in [0.2, 0.25) is 0 Å². The summed E-state index contributed by atoms with van der Waals surface area (Å²) >= 11 is 0. The van der Waals surface area contributed by atoms with E-state index < -0.39 is 0 Å². The summed E-state index contributed by atoms with van der Waals surface area (Å²) in [6, 6.07) is 8.51. The summed E-state index contributed by atoms with van der Waals surface area (Å²) < 4.78 is 0. The minimum Gasteiger partial charge on any atom is -0.107 e. The van der Waals surface area contributed by atoms with Crippen molar-refractivity contribution in [1.29, 1.82) is 0 Å². The summed E-state index contributed by atoms with van der Waals surface area (Å²) in [5, 5.41) is 0. The monoisotopic (exact) mass is 184 g/mol. The fourth-order valence-electron chi connectivity index (χ4n) is 1.32. The van der Waals surface area contributed by atoms with E-state index in [0.29, 0.717) is 0 Å². The summed E-state index contributed by atoms with van der Waals surface area (Å²) in [6.45, 7) is 7.85. The second-order valence-electron chi connectivity index (χ2n) is 3.41. The third-order valence-corrected chi connectivity index (χ3v) is 2.14. The highest BCUT2D eigenvalue weighted by Gasteiger charge is 1.95. The molecule has 0 spiro atoms. The molecule has 0 atom stereocenters. The highest BCUT2D eigenvalue weighted by atomic mass is 14.0. The molecule has 0 aliphatic rings. The number of benzene rings is 1. The quantitative estimate of drug-likeness (QED) is 0.629. The molecular weight excluding hydrogens is 168 g/mol. The van der Waals surface area contributed by atoms with Crippen molar-refractivity contribution in [2.75, 3.05) is 0 Å². The van der Waals surface area contributed by atoms with Gasteiger partial charge in [-0.1, -0.05) is 36.4 Å². The van der Waals surface area contributed by atoms with Gasteiger partial charge in [-0.2, -0.15) is 0 Å². The molecule has 0 saturated carbocycles. The van der Waals surface area contributed by atoms with Crippen LogP contribution in [-0.4, -0.2) is 0 Å². The molecule has 1 rings (SSSR count). The van der Waals surface area contributed by atoms with Gasteiger partial charge in [0.25, 0.3) is 0 Å². The SMILES string of the molecule is C=C(C)c1cccc(CCC#CC)c1. The van der Waals surface area contributed by atoms with E-state index in [2.05, 4.69) is 42.7 Å². The van der Waals surface area contributed by atoms with Gasteiger partial charge in [-0.3, -0.25) is 0 Å². The smallest absolute Gasteiger partial charge is 0.0129 e. The van der Waals surface area contributed by atoms with Gasteiger partial charge in [0.15, 0.2) is 0 Å². The molecule has 0 aliphatic heterocycles. The van der Waals surface area contributed by atoms with Crippen LogP contribution in [0.1, 0.15) is 31.4 Å². The molecule has 1 aromatic rings. The van der Waals surface area contributed by atoms with Crippen molar-refractivity contribution < 1.29 is 0 Å². The Morgan fingerprint density at radius 1 is 1.43 bits per heavy atom. The molecule has 0 heterocycles. The highest BCUT2D eigenvalue weighted by molar-refractivity contribution is 5.61. The summed E-state index contributed by atoms with van der Waals surface area (Å²) in [6.07, 6.45) is 1.97. The van der Waals surface area contributed by atoms with Crippen LogP contribution in [0.5, 0.6) is 0 Å². The molecule has 0 N–H and O–H groups in total. The molecule has 0 nitrogen and oxygen atoms in total. The van der Waals surface area contributed by atoms with Crippen molar-refractivity contribution in [2.45, 2.75) is 26.7 Å². The Balaban J connectivity index is 2.71. The minimum absolute atomic E-state index is 0.941. The first-order valence-electron chi connectivity index (χ1n) is 4.88. The largest absolute Gasteiger partial charge is 0.107 e. The first-order chi connectivity index (χ1) is 6.74. The average molecular weight is 184 g/mol. The Labute approximate surface area is 86.7 Å². The van der Waals surface area contributed by atoms with E-state index in [-0.39, 0.29) is 0 Å². The lowest BCUT2D eigenvalue weighted by Crippen LogP contribution is -1.86. The van der Waals surface area contributed by atoms with Crippen molar-refractivity contribution in [1.82, 2.24) is 0 Å². The minimum atomic E-state index is 0.941. The zero-order valence-electron chi connectivity index (χ0n) is 8.93. The van der Waals surface area contributed by atoms with Crippen LogP contribution in [0, 0.1) is 11.8 Å². The lowest BCUT2D eigenvalue weighted by molar-refractivity contribution is 1.03. The van der Waals surface area contributed by atoms with E-state index in [1.54, 1.807) is 0 Å². The van der Waals surface area contributed by atoms with Gasteiger partial charge in [-0.05, 0) is 31.4 Å². The Morgan fingerprint density at radius 2 is 2.21 bits per heavy atom. The third-order valence-electron chi connectivity index (χ3n) is 2.14. The van der Waals surface area contributed by atoms with Crippen molar-refractivity contribution in [3.63, 3.8) is 0 Å². The molecule has 0 unspecified atom stereocenters. The van der Waals surface area contributed by atoms with Crippen LogP contribution in [0.3, 0.4) is 0 Å². The summed E-state index contributed by atoms with van der Waals surface area (Å²) in [5.41, 5.74) is 3.69. The van der Waals surface area contributed by atoms with Crippen LogP contribution in [0.4, 0.5) is 0 Å². The molecule has 0 aromatic heterocycles. The lowest BCUT2D eigenvalue weighted by Gasteiger charge is -2.02. The average Bonchev–Trinajstić information content (AvgIpc) is 2.19. The highest BCUT2D eigenvalue weighted by Crippen LogP contribution is 2.14. The van der Waals surface area contributed by atoms with Crippen molar-refractivity contribution in [3.8, 4) is 11.8 Å². The predicted octanol–water partition coefficient (Wildman–Crippen LogP) is 3.68. The number of hydrogen-bond acceptors (Lipinski definition) is 0. The van der Waals surface area contributed by atoms with E-state index in [0.717, 1.165) is 18.4 Å². The fourth-order valence-corrected chi connectivity index (χ4v) is 1.32. The van der Waals surface area contributed by atoms with Crippen LogP contribution in [0.2, 0.25) is 0 Å². The molecule has 0 aliphatic carbocycles. The number of aryl methyl sites for hydroxylation is 1. The summed E-state index contributed by atoms with van der Waals surface area (Å²) in [4.78, 5) is 0. The molecule has 0 bridgehead atoms. The van der Waals surface area contributed by atoms with Crippen molar-refractivity contribution in [2.24, 2.45) is 0 Å². The van der Waals surface area contributed by atoms with E-state index in [9.17, 15) is 0 Å². The van der Waals surface area contributed by atoms with E-state index >= 15 is 0 Å². The van der Waals surface area contributed by atoms with Crippen LogP contribution < -0.4 is 0 Å². The molecular formula is C14H16. The molecule has 0 heteroatoms. The van der Waals surface area contributed by atoms with Gasteiger partial charge in [0.1, 0.15) is 0 Å². The second kappa shape index (κ2) is 5.29. The molecule has 0 saturated heterocycles. The Kier molecular flexibility index (Phi) is 4.01. The molecule has 0 fully saturated rings. The van der Waals surface area contributed by atoms with Gasteiger partial charge >= 0.3 is 0 Å². The van der Waals surface area contributed by atoms with Crippen LogP contribution in [-0.2, 0) is 6.42 Å². The molecule has 0 radical (unpaired) electrons. The van der Waals surface area contributed by atoms with Crippen molar-refractivity contribution in [3.05, 3.63) is 42.0 Å². The maximum atomic E-state index is 3.93. The maximum Gasteiger partial charge on any atom is 0.0129 e. The van der Waals surface area contributed by atoms with Gasteiger partial charge in [-0.15, -0.1) is 11.8 Å². The Hall–Kier alpha value is -1.48. The molecule has 14 heavy (non-hydrogen) atoms. The standard InChI is InChI=1S/C14H16/c1-4-5-6-8-13-9-7-10-14(11-13)12(2)3/h7,9-11H,2,6,8H2,1,3H3. The van der Waals surface area contributed by atoms with Crippen molar-refractivity contribution >= 4 is 5.57 Å². The normalized spacial score (nSPS) is 9.00. The van der Waals surface area contributed by atoms with Crippen LogP contribution in [0.15, 0.2) is 30.8 Å². The second-order valence-corrected chi connectivity index (χ2v) is 3.41. The predicted molar refractivity (Wildman–Crippen MR) is 62.9 cm³/mol. The van der Waals surface area contributed by atoms with Crippen LogP contribution >= 0.6 is 0 Å². The Bertz CT molecular complexity index is 375. The summed E-state index contributed by atoms with van der Waals surface area (Å²) in [7, 11) is 0. The zero-order chi connectivity index (χ0) is 10.4. The summed E-state index contributed by atoms with van der Waals surface area (Å²) in [5.74, 6) is 5.98. The van der Waals surface area contributed by atoms with Crippen LogP contribution in [0.25, 0.3) is 5.57 Å². The first kappa shape index (κ1) is 10.6. The maximum absolute atomic E-state index is 3.93. The van der Waals surface area contributed by atoms with E-state index in [1.807, 2.05) is 13.8 Å². The van der Waals surface area contributed by atoms with Gasteiger partial charge < -0.3 is 0 Å². The van der Waals surface area contributed by atoms with E-state index in [4.69, 9.17) is 0 Å². The first-order valence-corrected chi connectivity index (χ1v) is 4.88. The Morgan fingerprint density at radius 3 is 2.86 bits per heavy atom. The van der Waals surface area contributed by atoms with E-state index in [1.165, 1.54) is 11.1 Å². The third kappa shape index (κ3) is 3.11. The number of rotatable bonds is 3. The molecule has 1 aromatic carbocycles. The zero-order valence-corrected chi connectivity index (χ0v) is 8.93. The fraction of sp³-hybridized carbons (Fsp3) is 0.286. The topological polar surface area (TPSA) is 0 Å². The van der Waals surface area contributed by atoms with Gasteiger partial charge in [0.05, 0.1) is 0 Å². The van der Waals surface area contributed by atoms with Gasteiger partial charge in [0, 0.05) is 6.42 Å². The molecule has 0 amide bonds. The number of allylic oxidation sites excluding steroid dienone is 1. The molecule has 72 valence electrons. The number of hydrogen-bond donors (Lipinski definition) is 0. The lowest BCUT2D eigenvalue weighted by atomic mass is 10.0. The van der Waals surface area contributed by atoms with Gasteiger partial charge in [-0.25, -0.2) is 0 Å².